The van der Waals surface area contributed by atoms with Crippen molar-refractivity contribution in [1.82, 2.24) is 9.38 Å². The van der Waals surface area contributed by atoms with Crippen molar-refractivity contribution in [3.05, 3.63) is 36.3 Å². The van der Waals surface area contributed by atoms with Crippen LogP contribution in [0.1, 0.15) is 26.3 Å². The number of aromatic nitrogens is 2. The lowest BCUT2D eigenvalue weighted by molar-refractivity contribution is 0.411. The third kappa shape index (κ3) is 1.95. The van der Waals surface area contributed by atoms with Crippen molar-refractivity contribution in [2.45, 2.75) is 27.2 Å². The van der Waals surface area contributed by atoms with Gasteiger partial charge in [0.15, 0.2) is 0 Å². The average molecular weight is 188 g/mol. The highest BCUT2D eigenvalue weighted by atomic mass is 15.0. The SMILES string of the molecule is CC(C)(C)Cc1ccn2ccnc2c1. The van der Waals surface area contributed by atoms with Crippen LogP contribution in [0.3, 0.4) is 0 Å². The van der Waals surface area contributed by atoms with Crippen molar-refractivity contribution < 1.29 is 0 Å². The first-order valence-electron chi connectivity index (χ1n) is 4.96. The second-order valence-electron chi connectivity index (χ2n) is 4.97. The second kappa shape index (κ2) is 3.12. The Labute approximate surface area is 84.6 Å². The first-order chi connectivity index (χ1) is 6.54. The van der Waals surface area contributed by atoms with Gasteiger partial charge in [-0.25, -0.2) is 4.98 Å². The van der Waals surface area contributed by atoms with Crippen molar-refractivity contribution >= 4 is 5.65 Å². The Balaban J connectivity index is 2.35. The van der Waals surface area contributed by atoms with Gasteiger partial charge >= 0.3 is 0 Å². The molecule has 0 fully saturated rings. The van der Waals surface area contributed by atoms with E-state index in [1.54, 1.807) is 0 Å². The van der Waals surface area contributed by atoms with Crippen LogP contribution >= 0.6 is 0 Å². The molecule has 0 aliphatic heterocycles. The summed E-state index contributed by atoms with van der Waals surface area (Å²) in [5.74, 6) is 0. The summed E-state index contributed by atoms with van der Waals surface area (Å²) >= 11 is 0. The van der Waals surface area contributed by atoms with Crippen molar-refractivity contribution in [2.24, 2.45) is 5.41 Å². The van der Waals surface area contributed by atoms with Crippen LogP contribution in [0.25, 0.3) is 5.65 Å². The molecule has 0 spiro atoms. The van der Waals surface area contributed by atoms with Crippen LogP contribution in [0.15, 0.2) is 30.7 Å². The fourth-order valence-corrected chi connectivity index (χ4v) is 1.67. The summed E-state index contributed by atoms with van der Waals surface area (Å²) in [5.41, 5.74) is 2.73. The monoisotopic (exact) mass is 188 g/mol. The Morgan fingerprint density at radius 2 is 2.07 bits per heavy atom. The lowest BCUT2D eigenvalue weighted by Gasteiger charge is -2.17. The molecule has 74 valence electrons. The molecule has 0 atom stereocenters. The summed E-state index contributed by atoms with van der Waals surface area (Å²) in [6.45, 7) is 6.76. The quantitative estimate of drug-likeness (QED) is 0.672. The number of hydrogen-bond acceptors (Lipinski definition) is 1. The minimum absolute atomic E-state index is 0.338. The number of pyridine rings is 1. The molecule has 0 amide bonds. The van der Waals surface area contributed by atoms with Crippen LogP contribution in [-0.4, -0.2) is 9.38 Å². The van der Waals surface area contributed by atoms with Crippen molar-refractivity contribution in [2.75, 3.05) is 0 Å². The first-order valence-corrected chi connectivity index (χ1v) is 4.96. The van der Waals surface area contributed by atoms with Gasteiger partial charge in [0.25, 0.3) is 0 Å². The molecule has 14 heavy (non-hydrogen) atoms. The second-order valence-corrected chi connectivity index (χ2v) is 4.97. The zero-order valence-corrected chi connectivity index (χ0v) is 8.99. The fraction of sp³-hybridized carbons (Fsp3) is 0.417. The third-order valence-electron chi connectivity index (χ3n) is 2.20. The number of hydrogen-bond donors (Lipinski definition) is 0. The van der Waals surface area contributed by atoms with Crippen LogP contribution < -0.4 is 0 Å². The van der Waals surface area contributed by atoms with E-state index in [1.165, 1.54) is 5.56 Å². The molecule has 0 saturated carbocycles. The molecule has 2 rings (SSSR count). The topological polar surface area (TPSA) is 17.3 Å². The van der Waals surface area contributed by atoms with Gasteiger partial charge in [0.2, 0.25) is 0 Å². The molecule has 2 heteroatoms. The van der Waals surface area contributed by atoms with Gasteiger partial charge in [0.1, 0.15) is 5.65 Å². The molecule has 0 saturated heterocycles. The Morgan fingerprint density at radius 3 is 2.79 bits per heavy atom. The van der Waals surface area contributed by atoms with E-state index >= 15 is 0 Å². The predicted molar refractivity (Wildman–Crippen MR) is 58.4 cm³/mol. The van der Waals surface area contributed by atoms with Gasteiger partial charge in [0, 0.05) is 18.6 Å². The van der Waals surface area contributed by atoms with E-state index < -0.39 is 0 Å². The van der Waals surface area contributed by atoms with E-state index in [9.17, 15) is 0 Å². The smallest absolute Gasteiger partial charge is 0.136 e. The Kier molecular flexibility index (Phi) is 2.06. The summed E-state index contributed by atoms with van der Waals surface area (Å²) in [5, 5.41) is 0. The number of fused-ring (bicyclic) bond motifs is 1. The number of rotatable bonds is 1. The summed E-state index contributed by atoms with van der Waals surface area (Å²) in [6.07, 6.45) is 6.96. The maximum atomic E-state index is 4.27. The lowest BCUT2D eigenvalue weighted by Crippen LogP contribution is -2.09. The minimum atomic E-state index is 0.338. The molecule has 0 aliphatic carbocycles. The van der Waals surface area contributed by atoms with Gasteiger partial charge in [-0.15, -0.1) is 0 Å². The van der Waals surface area contributed by atoms with E-state index in [4.69, 9.17) is 0 Å². The molecule has 0 aromatic carbocycles. The molecule has 0 aliphatic rings. The fourth-order valence-electron chi connectivity index (χ4n) is 1.67. The Bertz CT molecular complexity index is 435. The van der Waals surface area contributed by atoms with Gasteiger partial charge in [-0.05, 0) is 29.5 Å². The van der Waals surface area contributed by atoms with Gasteiger partial charge < -0.3 is 4.40 Å². The van der Waals surface area contributed by atoms with Crippen LogP contribution in [-0.2, 0) is 6.42 Å². The molecule has 2 aromatic rings. The van der Waals surface area contributed by atoms with Gasteiger partial charge in [-0.2, -0.15) is 0 Å². The number of imidazole rings is 1. The molecule has 0 N–H and O–H groups in total. The lowest BCUT2D eigenvalue weighted by atomic mass is 9.88. The molecule has 0 unspecified atom stereocenters. The third-order valence-corrected chi connectivity index (χ3v) is 2.20. The van der Waals surface area contributed by atoms with Crippen LogP contribution in [0.2, 0.25) is 0 Å². The zero-order valence-electron chi connectivity index (χ0n) is 8.99. The Hall–Kier alpha value is -1.31. The predicted octanol–water partition coefficient (Wildman–Crippen LogP) is 2.92. The van der Waals surface area contributed by atoms with Crippen LogP contribution in [0.4, 0.5) is 0 Å². The molecular weight excluding hydrogens is 172 g/mol. The highest BCUT2D eigenvalue weighted by Gasteiger charge is 2.11. The highest BCUT2D eigenvalue weighted by molar-refractivity contribution is 5.41. The van der Waals surface area contributed by atoms with E-state index in [0.717, 1.165) is 12.1 Å². The van der Waals surface area contributed by atoms with Crippen molar-refractivity contribution in [3.8, 4) is 0 Å². The van der Waals surface area contributed by atoms with Gasteiger partial charge in [-0.3, -0.25) is 0 Å². The van der Waals surface area contributed by atoms with E-state index in [1.807, 2.05) is 16.8 Å². The Morgan fingerprint density at radius 1 is 1.29 bits per heavy atom. The molecular formula is C12H16N2. The van der Waals surface area contributed by atoms with E-state index in [2.05, 4.69) is 44.1 Å². The molecule has 2 aromatic heterocycles. The first kappa shape index (κ1) is 9.25. The summed E-state index contributed by atoms with van der Waals surface area (Å²) < 4.78 is 2.03. The average Bonchev–Trinajstić information content (AvgIpc) is 2.47. The van der Waals surface area contributed by atoms with Crippen LogP contribution in [0, 0.1) is 5.41 Å². The number of nitrogens with zero attached hydrogens (tertiary/aromatic N) is 2. The summed E-state index contributed by atoms with van der Waals surface area (Å²) in [4.78, 5) is 4.27. The summed E-state index contributed by atoms with van der Waals surface area (Å²) in [7, 11) is 0. The normalized spacial score (nSPS) is 12.2. The van der Waals surface area contributed by atoms with Gasteiger partial charge in [0.05, 0.1) is 0 Å². The largest absolute Gasteiger partial charge is 0.307 e. The molecule has 2 nitrogen and oxygen atoms in total. The van der Waals surface area contributed by atoms with Crippen LogP contribution in [0.5, 0.6) is 0 Å². The zero-order chi connectivity index (χ0) is 10.2. The summed E-state index contributed by atoms with van der Waals surface area (Å²) in [6, 6.07) is 4.32. The van der Waals surface area contributed by atoms with Crippen molar-refractivity contribution in [1.29, 1.82) is 0 Å². The maximum absolute atomic E-state index is 4.27. The van der Waals surface area contributed by atoms with Gasteiger partial charge in [-0.1, -0.05) is 20.8 Å². The highest BCUT2D eigenvalue weighted by Crippen LogP contribution is 2.20. The standard InChI is InChI=1S/C12H16N2/c1-12(2,3)9-10-4-6-14-7-5-13-11(14)8-10/h4-8H,9H2,1-3H3. The molecule has 0 radical (unpaired) electrons. The van der Waals surface area contributed by atoms with E-state index in [0.29, 0.717) is 5.41 Å². The van der Waals surface area contributed by atoms with Crippen molar-refractivity contribution in [3.63, 3.8) is 0 Å². The minimum Gasteiger partial charge on any atom is -0.307 e. The van der Waals surface area contributed by atoms with E-state index in [-0.39, 0.29) is 0 Å². The molecule has 2 heterocycles. The maximum Gasteiger partial charge on any atom is 0.136 e. The molecule has 0 bridgehead atoms.